The Morgan fingerprint density at radius 3 is 2.05 bits per heavy atom. The Labute approximate surface area is 219 Å². The second-order valence-corrected chi connectivity index (χ2v) is 9.55. The molecule has 2 aliphatic heterocycles. The molecule has 38 heavy (non-hydrogen) atoms. The van der Waals surface area contributed by atoms with Gasteiger partial charge >= 0.3 is 0 Å². The fourth-order valence-corrected chi connectivity index (χ4v) is 5.59. The maximum atomic E-state index is 5.08. The highest BCUT2D eigenvalue weighted by molar-refractivity contribution is 6.06. The molecule has 4 nitrogen and oxygen atoms in total. The molecule has 2 aliphatic rings. The van der Waals surface area contributed by atoms with Crippen molar-refractivity contribution < 1.29 is 0 Å². The molecular formula is C34H22N4. The fraction of sp³-hybridized carbons (Fsp3) is 0. The van der Waals surface area contributed by atoms with Crippen molar-refractivity contribution in [2.45, 2.75) is 0 Å². The topological polar surface area (TPSA) is 35.6 Å². The van der Waals surface area contributed by atoms with Gasteiger partial charge in [0.15, 0.2) is 0 Å². The Morgan fingerprint density at radius 2 is 1.18 bits per heavy atom. The van der Waals surface area contributed by atoms with Crippen LogP contribution in [0.25, 0.3) is 66.9 Å². The molecule has 4 heteroatoms. The lowest BCUT2D eigenvalue weighted by Gasteiger charge is -2.16. The number of para-hydroxylation sites is 5. The van der Waals surface area contributed by atoms with Crippen molar-refractivity contribution in [2.24, 2.45) is 0 Å². The molecule has 178 valence electrons. The number of hydrogen-bond donors (Lipinski definition) is 0. The zero-order valence-electron chi connectivity index (χ0n) is 20.5. The Balaban J connectivity index is 1.39. The summed E-state index contributed by atoms with van der Waals surface area (Å²) in [6.45, 7) is 0. The third-order valence-corrected chi connectivity index (χ3v) is 7.32. The summed E-state index contributed by atoms with van der Waals surface area (Å²) >= 11 is 0. The molecule has 5 aromatic carbocycles. The van der Waals surface area contributed by atoms with Crippen LogP contribution >= 0.6 is 0 Å². The van der Waals surface area contributed by atoms with Crippen LogP contribution in [0.4, 0.5) is 0 Å². The predicted molar refractivity (Wildman–Crippen MR) is 155 cm³/mol. The van der Waals surface area contributed by atoms with Gasteiger partial charge in [0.2, 0.25) is 0 Å². The van der Waals surface area contributed by atoms with Gasteiger partial charge in [-0.3, -0.25) is 4.57 Å². The Kier molecular flexibility index (Phi) is 4.49. The van der Waals surface area contributed by atoms with Gasteiger partial charge in [0.1, 0.15) is 5.82 Å². The van der Waals surface area contributed by atoms with E-state index >= 15 is 0 Å². The van der Waals surface area contributed by atoms with E-state index in [0.717, 1.165) is 61.5 Å². The van der Waals surface area contributed by atoms with Crippen LogP contribution in [0, 0.1) is 0 Å². The largest absolute Gasteiger partial charge is 0.316 e. The van der Waals surface area contributed by atoms with Gasteiger partial charge in [0, 0.05) is 39.5 Å². The summed E-state index contributed by atoms with van der Waals surface area (Å²) < 4.78 is 4.53. The van der Waals surface area contributed by atoms with Crippen LogP contribution in [-0.4, -0.2) is 19.1 Å². The van der Waals surface area contributed by atoms with Gasteiger partial charge in [-0.05, 0) is 48.5 Å². The van der Waals surface area contributed by atoms with Gasteiger partial charge in [-0.1, -0.05) is 78.9 Å². The lowest BCUT2D eigenvalue weighted by atomic mass is 10.0. The first-order valence-corrected chi connectivity index (χ1v) is 12.8. The van der Waals surface area contributed by atoms with Crippen LogP contribution in [0.3, 0.4) is 0 Å². The van der Waals surface area contributed by atoms with E-state index in [4.69, 9.17) is 9.97 Å². The molecule has 6 aromatic rings. The minimum atomic E-state index is 0.922. The van der Waals surface area contributed by atoms with Gasteiger partial charge in [0.25, 0.3) is 0 Å². The van der Waals surface area contributed by atoms with Crippen LogP contribution in [0.15, 0.2) is 134 Å². The summed E-state index contributed by atoms with van der Waals surface area (Å²) in [6.07, 6.45) is 2.23. The first kappa shape index (κ1) is 20.9. The molecule has 0 unspecified atom stereocenters. The molecule has 0 amide bonds. The smallest absolute Gasteiger partial charge is 0.145 e. The minimum absolute atomic E-state index is 0.922. The van der Waals surface area contributed by atoms with Crippen LogP contribution in [0.2, 0.25) is 0 Å². The number of aromatic nitrogens is 4. The molecule has 0 fully saturated rings. The van der Waals surface area contributed by atoms with Crippen molar-refractivity contribution in [3.05, 3.63) is 134 Å². The summed E-state index contributed by atoms with van der Waals surface area (Å²) in [5, 5.41) is 2.31. The van der Waals surface area contributed by atoms with Gasteiger partial charge in [0.05, 0.1) is 27.8 Å². The van der Waals surface area contributed by atoms with Crippen molar-refractivity contribution in [2.75, 3.05) is 0 Å². The number of hydrogen-bond acceptors (Lipinski definition) is 2. The molecule has 8 rings (SSSR count). The molecule has 3 heterocycles. The Morgan fingerprint density at radius 1 is 0.500 bits per heavy atom. The third kappa shape index (κ3) is 3.10. The molecule has 0 atom stereocenters. The van der Waals surface area contributed by atoms with Gasteiger partial charge in [-0.25, -0.2) is 9.97 Å². The van der Waals surface area contributed by atoms with Crippen molar-refractivity contribution in [3.8, 4) is 34.0 Å². The zero-order chi connectivity index (χ0) is 25.1. The van der Waals surface area contributed by atoms with Crippen LogP contribution in [-0.2, 0) is 0 Å². The third-order valence-electron chi connectivity index (χ3n) is 7.32. The van der Waals surface area contributed by atoms with Gasteiger partial charge < -0.3 is 4.57 Å². The van der Waals surface area contributed by atoms with Crippen molar-refractivity contribution >= 4 is 32.8 Å². The van der Waals surface area contributed by atoms with Gasteiger partial charge in [-0.15, -0.1) is 0 Å². The molecule has 0 spiro atoms. The molecule has 0 radical (unpaired) electrons. The van der Waals surface area contributed by atoms with E-state index in [0.29, 0.717) is 0 Å². The van der Waals surface area contributed by atoms with Crippen molar-refractivity contribution in [1.82, 2.24) is 19.1 Å². The second-order valence-electron chi connectivity index (χ2n) is 9.55. The monoisotopic (exact) mass is 486 g/mol. The average molecular weight is 487 g/mol. The zero-order valence-corrected chi connectivity index (χ0v) is 20.5. The molecule has 1 aromatic heterocycles. The highest BCUT2D eigenvalue weighted by Crippen LogP contribution is 2.38. The molecule has 0 aliphatic carbocycles. The summed E-state index contributed by atoms with van der Waals surface area (Å²) in [5.41, 5.74) is 9.64. The van der Waals surface area contributed by atoms with Crippen LogP contribution in [0.5, 0.6) is 0 Å². The average Bonchev–Trinajstić information content (AvgIpc) is 3.56. The maximum absolute atomic E-state index is 5.08. The highest BCUT2D eigenvalue weighted by Gasteiger charge is 2.19. The number of benzene rings is 5. The number of imidazole rings is 1. The van der Waals surface area contributed by atoms with E-state index in [1.807, 2.05) is 18.2 Å². The predicted octanol–water partition coefficient (Wildman–Crippen LogP) is 8.29. The quantitative estimate of drug-likeness (QED) is 0.252. The van der Waals surface area contributed by atoms with Crippen molar-refractivity contribution in [3.63, 3.8) is 0 Å². The van der Waals surface area contributed by atoms with E-state index in [9.17, 15) is 0 Å². The molecule has 0 saturated carbocycles. The number of nitrogens with zero attached hydrogens (tertiary/aromatic N) is 4. The van der Waals surface area contributed by atoms with Crippen molar-refractivity contribution in [1.29, 1.82) is 0 Å². The molecule has 0 saturated heterocycles. The summed E-state index contributed by atoms with van der Waals surface area (Å²) in [6, 6.07) is 44.3. The number of fused-ring (bicyclic) bond motifs is 6. The standard InChI is InChI=1S/C34H22N4/c1-2-12-24(13-3-1)38-32-20-9-7-18-30(32)36-34(38)23-11-10-14-25(21-23)37-22-28-26-15-4-6-17-29(26)35-33(28)27-16-5-8-19-31(27)37/h1-22H. The summed E-state index contributed by atoms with van der Waals surface area (Å²) in [4.78, 5) is 10.1. The van der Waals surface area contributed by atoms with Crippen LogP contribution < -0.4 is 0 Å². The summed E-state index contributed by atoms with van der Waals surface area (Å²) in [5.74, 6) is 0.922. The van der Waals surface area contributed by atoms with Crippen LogP contribution in [0.1, 0.15) is 0 Å². The number of rotatable bonds is 3. The first-order valence-electron chi connectivity index (χ1n) is 12.8. The number of pyridine rings is 1. The fourth-order valence-electron chi connectivity index (χ4n) is 5.59. The van der Waals surface area contributed by atoms with Gasteiger partial charge in [-0.2, -0.15) is 0 Å². The molecule has 0 N–H and O–H groups in total. The molecule has 0 bridgehead atoms. The highest BCUT2D eigenvalue weighted by atomic mass is 15.1. The van der Waals surface area contributed by atoms with E-state index in [-0.39, 0.29) is 0 Å². The Hall–Kier alpha value is -5.22. The van der Waals surface area contributed by atoms with E-state index in [1.165, 1.54) is 5.39 Å². The lowest BCUT2D eigenvalue weighted by molar-refractivity contribution is 1.08. The Bertz CT molecular complexity index is 2080. The van der Waals surface area contributed by atoms with E-state index in [1.54, 1.807) is 0 Å². The SMILES string of the molecule is c1ccc(-n2c(-c3cccc(-n4cc5c6ccccc6nc-5c5ccccc54)c3)nc3ccccc32)cc1. The maximum Gasteiger partial charge on any atom is 0.145 e. The van der Waals surface area contributed by atoms with E-state index in [2.05, 4.69) is 125 Å². The minimum Gasteiger partial charge on any atom is -0.316 e. The normalized spacial score (nSPS) is 11.7. The second kappa shape index (κ2) is 8.15. The summed E-state index contributed by atoms with van der Waals surface area (Å²) in [7, 11) is 0. The van der Waals surface area contributed by atoms with E-state index < -0.39 is 0 Å². The lowest BCUT2D eigenvalue weighted by Crippen LogP contribution is -2.01. The molecular weight excluding hydrogens is 464 g/mol. The first-order chi connectivity index (χ1) is 18.8.